The molecule has 0 heterocycles. The van der Waals surface area contributed by atoms with E-state index in [4.69, 9.17) is 11.6 Å². The van der Waals surface area contributed by atoms with E-state index in [-0.39, 0.29) is 12.3 Å². The zero-order chi connectivity index (χ0) is 14.8. The summed E-state index contributed by atoms with van der Waals surface area (Å²) in [4.78, 5) is 23.5. The quantitative estimate of drug-likeness (QED) is 0.850. The van der Waals surface area contributed by atoms with Crippen LogP contribution in [0.2, 0.25) is 5.02 Å². The van der Waals surface area contributed by atoms with Gasteiger partial charge in [0.05, 0.1) is 20.6 Å². The highest BCUT2D eigenvalue weighted by molar-refractivity contribution is 9.10. The minimum absolute atomic E-state index is 0.00128. The standard InChI is InChI=1S/C14H15BrClNO3/c15-12-9(16)4-3-5-10(12)17-11(18)8-14(13(19)20)6-1-2-7-14/h3-5H,1-2,6-8H2,(H,17,18)(H,19,20). The molecule has 0 bridgehead atoms. The Morgan fingerprint density at radius 3 is 2.60 bits per heavy atom. The first-order valence-electron chi connectivity index (χ1n) is 6.42. The molecule has 2 N–H and O–H groups in total. The van der Waals surface area contributed by atoms with Crippen molar-refractivity contribution in [2.24, 2.45) is 5.41 Å². The van der Waals surface area contributed by atoms with Crippen LogP contribution in [-0.4, -0.2) is 17.0 Å². The van der Waals surface area contributed by atoms with Gasteiger partial charge in [-0.2, -0.15) is 0 Å². The van der Waals surface area contributed by atoms with Crippen molar-refractivity contribution in [3.8, 4) is 0 Å². The number of halogens is 2. The van der Waals surface area contributed by atoms with Gasteiger partial charge >= 0.3 is 5.97 Å². The van der Waals surface area contributed by atoms with Gasteiger partial charge in [0.15, 0.2) is 0 Å². The molecule has 4 nitrogen and oxygen atoms in total. The molecule has 1 aromatic rings. The van der Waals surface area contributed by atoms with Crippen molar-refractivity contribution in [1.82, 2.24) is 0 Å². The summed E-state index contributed by atoms with van der Waals surface area (Å²) in [6.45, 7) is 0. The molecule has 0 radical (unpaired) electrons. The summed E-state index contributed by atoms with van der Waals surface area (Å²) < 4.78 is 0.603. The van der Waals surface area contributed by atoms with Crippen molar-refractivity contribution in [3.05, 3.63) is 27.7 Å². The molecule has 1 aliphatic rings. The van der Waals surface area contributed by atoms with Gasteiger partial charge in [0.2, 0.25) is 5.91 Å². The number of carboxylic acids is 1. The fourth-order valence-corrected chi connectivity index (χ4v) is 3.16. The lowest BCUT2D eigenvalue weighted by Gasteiger charge is -2.23. The predicted octanol–water partition coefficient (Wildman–Crippen LogP) is 4.08. The highest BCUT2D eigenvalue weighted by atomic mass is 79.9. The van der Waals surface area contributed by atoms with E-state index >= 15 is 0 Å². The normalized spacial score (nSPS) is 16.9. The third-order valence-electron chi connectivity index (χ3n) is 3.74. The maximum Gasteiger partial charge on any atom is 0.310 e. The third kappa shape index (κ3) is 3.15. The van der Waals surface area contributed by atoms with Gasteiger partial charge in [-0.3, -0.25) is 9.59 Å². The van der Waals surface area contributed by atoms with Gasteiger partial charge < -0.3 is 10.4 Å². The smallest absolute Gasteiger partial charge is 0.310 e. The van der Waals surface area contributed by atoms with Crippen LogP contribution in [0.25, 0.3) is 0 Å². The van der Waals surface area contributed by atoms with Crippen LogP contribution in [0.5, 0.6) is 0 Å². The van der Waals surface area contributed by atoms with Gasteiger partial charge in [-0.1, -0.05) is 30.5 Å². The summed E-state index contributed by atoms with van der Waals surface area (Å²) in [5.74, 6) is -1.17. The second-order valence-electron chi connectivity index (χ2n) is 5.12. The van der Waals surface area contributed by atoms with Crippen molar-refractivity contribution in [3.63, 3.8) is 0 Å². The number of aliphatic carboxylic acids is 1. The lowest BCUT2D eigenvalue weighted by Crippen LogP contribution is -2.32. The number of benzene rings is 1. The van der Waals surface area contributed by atoms with E-state index in [1.54, 1.807) is 18.2 Å². The molecule has 0 aromatic heterocycles. The summed E-state index contributed by atoms with van der Waals surface area (Å²) in [6.07, 6.45) is 2.85. The van der Waals surface area contributed by atoms with E-state index < -0.39 is 11.4 Å². The number of carbonyl (C=O) groups is 2. The number of carbonyl (C=O) groups excluding carboxylic acids is 1. The monoisotopic (exact) mass is 359 g/mol. The number of hydrogen-bond donors (Lipinski definition) is 2. The molecule has 1 amide bonds. The van der Waals surface area contributed by atoms with Crippen LogP contribution < -0.4 is 5.32 Å². The summed E-state index contributed by atoms with van der Waals surface area (Å²) >= 11 is 9.25. The molecule has 0 atom stereocenters. The second-order valence-corrected chi connectivity index (χ2v) is 6.32. The Morgan fingerprint density at radius 1 is 1.35 bits per heavy atom. The zero-order valence-corrected chi connectivity index (χ0v) is 13.1. The average Bonchev–Trinajstić information content (AvgIpc) is 2.85. The summed E-state index contributed by atoms with van der Waals surface area (Å²) in [5.41, 5.74) is -0.351. The molecule has 1 aliphatic carbocycles. The highest BCUT2D eigenvalue weighted by Gasteiger charge is 2.43. The fraction of sp³-hybridized carbons (Fsp3) is 0.429. The Balaban J connectivity index is 2.09. The number of nitrogens with one attached hydrogen (secondary N) is 1. The Kier molecular flexibility index (Phi) is 4.70. The molecule has 1 fully saturated rings. The largest absolute Gasteiger partial charge is 0.481 e. The minimum Gasteiger partial charge on any atom is -0.481 e. The Hall–Kier alpha value is -1.07. The van der Waals surface area contributed by atoms with E-state index in [1.807, 2.05) is 0 Å². The second kappa shape index (κ2) is 6.14. The van der Waals surface area contributed by atoms with E-state index in [2.05, 4.69) is 21.2 Å². The molecule has 2 rings (SSSR count). The van der Waals surface area contributed by atoms with Gasteiger partial charge in [-0.15, -0.1) is 0 Å². The Bertz CT molecular complexity index is 541. The number of amides is 1. The van der Waals surface area contributed by atoms with E-state index in [1.165, 1.54) is 0 Å². The molecule has 0 saturated heterocycles. The van der Waals surface area contributed by atoms with E-state index in [0.717, 1.165) is 12.8 Å². The van der Waals surface area contributed by atoms with E-state index in [0.29, 0.717) is 28.0 Å². The van der Waals surface area contributed by atoms with Crippen LogP contribution in [0.15, 0.2) is 22.7 Å². The number of carboxylic acid groups (broad SMARTS) is 1. The molecular weight excluding hydrogens is 346 g/mol. The predicted molar refractivity (Wildman–Crippen MR) is 80.9 cm³/mol. The molecule has 6 heteroatoms. The van der Waals surface area contributed by atoms with Gasteiger partial charge in [0, 0.05) is 6.42 Å². The van der Waals surface area contributed by atoms with Gasteiger partial charge in [0.1, 0.15) is 0 Å². The molecule has 1 aromatic carbocycles. The molecule has 0 spiro atoms. The van der Waals surface area contributed by atoms with Crippen LogP contribution in [0.1, 0.15) is 32.1 Å². The minimum atomic E-state index is -0.908. The molecular formula is C14H15BrClNO3. The number of anilines is 1. The number of rotatable bonds is 4. The van der Waals surface area contributed by atoms with Crippen molar-refractivity contribution >= 4 is 45.1 Å². The zero-order valence-electron chi connectivity index (χ0n) is 10.8. The Morgan fingerprint density at radius 2 is 2.00 bits per heavy atom. The first-order chi connectivity index (χ1) is 9.44. The van der Waals surface area contributed by atoms with Crippen molar-refractivity contribution in [2.75, 3.05) is 5.32 Å². The first-order valence-corrected chi connectivity index (χ1v) is 7.59. The lowest BCUT2D eigenvalue weighted by atomic mass is 9.82. The van der Waals surface area contributed by atoms with Crippen molar-refractivity contribution < 1.29 is 14.7 Å². The van der Waals surface area contributed by atoms with Crippen LogP contribution in [0, 0.1) is 5.41 Å². The highest BCUT2D eigenvalue weighted by Crippen LogP contribution is 2.41. The van der Waals surface area contributed by atoms with E-state index in [9.17, 15) is 14.7 Å². The average molecular weight is 361 g/mol. The van der Waals surface area contributed by atoms with Crippen LogP contribution in [-0.2, 0) is 9.59 Å². The number of hydrogen-bond acceptors (Lipinski definition) is 2. The maximum absolute atomic E-state index is 12.1. The SMILES string of the molecule is O=C(CC1(C(=O)O)CCCC1)Nc1cccc(Cl)c1Br. The molecule has 108 valence electrons. The van der Waals surface area contributed by atoms with Gasteiger partial charge in [-0.25, -0.2) is 0 Å². The summed E-state index contributed by atoms with van der Waals surface area (Å²) in [5, 5.41) is 12.6. The van der Waals surface area contributed by atoms with Crippen LogP contribution >= 0.6 is 27.5 Å². The fourth-order valence-electron chi connectivity index (χ4n) is 2.62. The molecule has 20 heavy (non-hydrogen) atoms. The molecule has 1 saturated carbocycles. The lowest BCUT2D eigenvalue weighted by molar-refractivity contribution is -0.150. The van der Waals surface area contributed by atoms with Gasteiger partial charge in [0.25, 0.3) is 0 Å². The van der Waals surface area contributed by atoms with Crippen molar-refractivity contribution in [1.29, 1.82) is 0 Å². The van der Waals surface area contributed by atoms with Crippen LogP contribution in [0.4, 0.5) is 5.69 Å². The van der Waals surface area contributed by atoms with Crippen LogP contribution in [0.3, 0.4) is 0 Å². The summed E-state index contributed by atoms with van der Waals surface area (Å²) in [6, 6.07) is 5.15. The first kappa shape index (κ1) is 15.3. The topological polar surface area (TPSA) is 66.4 Å². The third-order valence-corrected chi connectivity index (χ3v) is 5.14. The van der Waals surface area contributed by atoms with Crippen molar-refractivity contribution in [2.45, 2.75) is 32.1 Å². The summed E-state index contributed by atoms with van der Waals surface area (Å²) in [7, 11) is 0. The Labute approximate surface area is 130 Å². The molecule has 0 unspecified atom stereocenters. The molecule has 0 aliphatic heterocycles. The maximum atomic E-state index is 12.1. The van der Waals surface area contributed by atoms with Gasteiger partial charge in [-0.05, 0) is 40.9 Å².